The molecule has 2 aromatic rings. The smallest absolute Gasteiger partial charge is 0.248 e. The number of primary amides is 1. The molecule has 0 heterocycles. The summed E-state index contributed by atoms with van der Waals surface area (Å²) in [5, 5.41) is 0. The van der Waals surface area contributed by atoms with E-state index in [-0.39, 0.29) is 0 Å². The first-order chi connectivity index (χ1) is 8.69. The van der Waals surface area contributed by atoms with Crippen molar-refractivity contribution in [2.75, 3.05) is 0 Å². The van der Waals surface area contributed by atoms with Crippen molar-refractivity contribution in [3.63, 3.8) is 0 Å². The fourth-order valence-electron chi connectivity index (χ4n) is 1.62. The summed E-state index contributed by atoms with van der Waals surface area (Å²) in [5.41, 5.74) is 6.91. The molecule has 2 N–H and O–H groups in total. The van der Waals surface area contributed by atoms with E-state index in [0.29, 0.717) is 11.3 Å². The SMILES string of the molecule is CCc1ccc(Oc2ccc(C(N)=O)cc2)cc1. The van der Waals surface area contributed by atoms with Gasteiger partial charge in [0.2, 0.25) is 5.91 Å². The van der Waals surface area contributed by atoms with Crippen LogP contribution < -0.4 is 10.5 Å². The van der Waals surface area contributed by atoms with Crippen LogP contribution in [0.4, 0.5) is 0 Å². The highest BCUT2D eigenvalue weighted by molar-refractivity contribution is 5.92. The van der Waals surface area contributed by atoms with Gasteiger partial charge in [-0.3, -0.25) is 4.79 Å². The molecular weight excluding hydrogens is 226 g/mol. The van der Waals surface area contributed by atoms with Gasteiger partial charge >= 0.3 is 0 Å². The van der Waals surface area contributed by atoms with Crippen molar-refractivity contribution in [1.29, 1.82) is 0 Å². The van der Waals surface area contributed by atoms with E-state index in [0.717, 1.165) is 12.2 Å². The molecule has 0 aliphatic carbocycles. The van der Waals surface area contributed by atoms with E-state index < -0.39 is 5.91 Å². The lowest BCUT2D eigenvalue weighted by Crippen LogP contribution is -2.10. The number of hydrogen-bond acceptors (Lipinski definition) is 2. The molecule has 1 amide bonds. The van der Waals surface area contributed by atoms with E-state index >= 15 is 0 Å². The van der Waals surface area contributed by atoms with Crippen LogP contribution in [-0.2, 0) is 6.42 Å². The second kappa shape index (κ2) is 5.36. The summed E-state index contributed by atoms with van der Waals surface area (Å²) in [6.45, 7) is 2.11. The molecule has 0 fully saturated rings. The minimum Gasteiger partial charge on any atom is -0.457 e. The lowest BCUT2D eigenvalue weighted by Gasteiger charge is -2.06. The summed E-state index contributed by atoms with van der Waals surface area (Å²) in [7, 11) is 0. The summed E-state index contributed by atoms with van der Waals surface area (Å²) in [5.74, 6) is 1.03. The van der Waals surface area contributed by atoms with Crippen LogP contribution in [0, 0.1) is 0 Å². The van der Waals surface area contributed by atoms with Crippen molar-refractivity contribution < 1.29 is 9.53 Å². The van der Waals surface area contributed by atoms with Crippen molar-refractivity contribution in [2.24, 2.45) is 5.73 Å². The molecule has 2 aromatic carbocycles. The molecule has 0 saturated carbocycles. The third kappa shape index (κ3) is 2.88. The summed E-state index contributed by atoms with van der Waals surface area (Å²) < 4.78 is 5.66. The van der Waals surface area contributed by atoms with Gasteiger partial charge in [-0.15, -0.1) is 0 Å². The number of carbonyl (C=O) groups is 1. The normalized spacial score (nSPS) is 10.1. The predicted molar refractivity (Wildman–Crippen MR) is 70.9 cm³/mol. The fourth-order valence-corrected chi connectivity index (χ4v) is 1.62. The van der Waals surface area contributed by atoms with Crippen LogP contribution in [0.15, 0.2) is 48.5 Å². The molecular formula is C15H15NO2. The average Bonchev–Trinajstić information content (AvgIpc) is 2.40. The highest BCUT2D eigenvalue weighted by Gasteiger charge is 2.01. The number of benzene rings is 2. The molecule has 92 valence electrons. The van der Waals surface area contributed by atoms with Crippen LogP contribution in [0.3, 0.4) is 0 Å². The molecule has 2 rings (SSSR count). The van der Waals surface area contributed by atoms with E-state index in [2.05, 4.69) is 6.92 Å². The molecule has 0 unspecified atom stereocenters. The van der Waals surface area contributed by atoms with Gasteiger partial charge in [0.25, 0.3) is 0 Å². The lowest BCUT2D eigenvalue weighted by molar-refractivity contribution is 0.100. The van der Waals surface area contributed by atoms with Crippen molar-refractivity contribution >= 4 is 5.91 Å². The Hall–Kier alpha value is -2.29. The maximum atomic E-state index is 10.9. The Morgan fingerprint density at radius 1 is 1.00 bits per heavy atom. The standard InChI is InChI=1S/C15H15NO2/c1-2-11-3-7-13(8-4-11)18-14-9-5-12(6-10-14)15(16)17/h3-10H,2H2,1H3,(H2,16,17). The zero-order valence-electron chi connectivity index (χ0n) is 10.2. The van der Waals surface area contributed by atoms with E-state index in [4.69, 9.17) is 10.5 Å². The van der Waals surface area contributed by atoms with Crippen molar-refractivity contribution in [2.45, 2.75) is 13.3 Å². The quantitative estimate of drug-likeness (QED) is 0.894. The molecule has 0 radical (unpaired) electrons. The van der Waals surface area contributed by atoms with Gasteiger partial charge in [0, 0.05) is 5.56 Å². The maximum Gasteiger partial charge on any atom is 0.248 e. The third-order valence-electron chi connectivity index (χ3n) is 2.71. The topological polar surface area (TPSA) is 52.3 Å². The first kappa shape index (κ1) is 12.2. The molecule has 0 atom stereocenters. The van der Waals surface area contributed by atoms with Crippen LogP contribution in [0.2, 0.25) is 0 Å². The van der Waals surface area contributed by atoms with Crippen LogP contribution >= 0.6 is 0 Å². The Kier molecular flexibility index (Phi) is 3.63. The second-order valence-corrected chi connectivity index (χ2v) is 3.99. The monoisotopic (exact) mass is 241 g/mol. The Morgan fingerprint density at radius 2 is 1.50 bits per heavy atom. The number of nitrogens with two attached hydrogens (primary N) is 1. The maximum absolute atomic E-state index is 10.9. The minimum atomic E-state index is -0.436. The fraction of sp³-hybridized carbons (Fsp3) is 0.133. The predicted octanol–water partition coefficient (Wildman–Crippen LogP) is 3.14. The summed E-state index contributed by atoms with van der Waals surface area (Å²) in [4.78, 5) is 10.9. The molecule has 0 aliphatic heterocycles. The van der Waals surface area contributed by atoms with E-state index in [1.165, 1.54) is 5.56 Å². The highest BCUT2D eigenvalue weighted by Crippen LogP contribution is 2.22. The summed E-state index contributed by atoms with van der Waals surface area (Å²) in [6, 6.07) is 14.7. The van der Waals surface area contributed by atoms with Crippen LogP contribution in [0.5, 0.6) is 11.5 Å². The largest absolute Gasteiger partial charge is 0.457 e. The Bertz CT molecular complexity index is 529. The Labute approximate surface area is 106 Å². The number of hydrogen-bond donors (Lipinski definition) is 1. The molecule has 18 heavy (non-hydrogen) atoms. The van der Waals surface area contributed by atoms with Gasteiger partial charge in [-0.25, -0.2) is 0 Å². The van der Waals surface area contributed by atoms with Crippen LogP contribution in [-0.4, -0.2) is 5.91 Å². The molecule has 0 aromatic heterocycles. The van der Waals surface area contributed by atoms with Crippen molar-refractivity contribution in [1.82, 2.24) is 0 Å². The average molecular weight is 241 g/mol. The van der Waals surface area contributed by atoms with E-state index in [1.807, 2.05) is 24.3 Å². The van der Waals surface area contributed by atoms with Gasteiger partial charge in [0.15, 0.2) is 0 Å². The molecule has 0 spiro atoms. The van der Waals surface area contributed by atoms with Gasteiger partial charge in [-0.1, -0.05) is 19.1 Å². The van der Waals surface area contributed by atoms with Gasteiger partial charge in [0.1, 0.15) is 11.5 Å². The number of amides is 1. The molecule has 0 aliphatic rings. The van der Waals surface area contributed by atoms with Gasteiger partial charge < -0.3 is 10.5 Å². The van der Waals surface area contributed by atoms with Gasteiger partial charge in [-0.05, 0) is 48.4 Å². The zero-order valence-corrected chi connectivity index (χ0v) is 10.2. The minimum absolute atomic E-state index is 0.436. The summed E-state index contributed by atoms with van der Waals surface area (Å²) in [6.07, 6.45) is 1.01. The van der Waals surface area contributed by atoms with E-state index in [1.54, 1.807) is 24.3 Å². The Balaban J connectivity index is 2.10. The zero-order chi connectivity index (χ0) is 13.0. The number of aryl methyl sites for hydroxylation is 1. The van der Waals surface area contributed by atoms with Crippen LogP contribution in [0.1, 0.15) is 22.8 Å². The first-order valence-corrected chi connectivity index (χ1v) is 5.85. The molecule has 3 nitrogen and oxygen atoms in total. The van der Waals surface area contributed by atoms with Crippen LogP contribution in [0.25, 0.3) is 0 Å². The van der Waals surface area contributed by atoms with Gasteiger partial charge in [0.05, 0.1) is 0 Å². The van der Waals surface area contributed by atoms with Crippen molar-refractivity contribution in [3.05, 3.63) is 59.7 Å². The third-order valence-corrected chi connectivity index (χ3v) is 2.71. The Morgan fingerprint density at radius 3 is 1.94 bits per heavy atom. The van der Waals surface area contributed by atoms with E-state index in [9.17, 15) is 4.79 Å². The first-order valence-electron chi connectivity index (χ1n) is 5.85. The number of rotatable bonds is 4. The number of carbonyl (C=O) groups excluding carboxylic acids is 1. The van der Waals surface area contributed by atoms with Gasteiger partial charge in [-0.2, -0.15) is 0 Å². The molecule has 3 heteroatoms. The highest BCUT2D eigenvalue weighted by atomic mass is 16.5. The lowest BCUT2D eigenvalue weighted by atomic mass is 10.2. The summed E-state index contributed by atoms with van der Waals surface area (Å²) >= 11 is 0. The van der Waals surface area contributed by atoms with Crippen molar-refractivity contribution in [3.8, 4) is 11.5 Å². The molecule has 0 bridgehead atoms. The molecule has 0 saturated heterocycles. The number of ether oxygens (including phenoxy) is 1. The second-order valence-electron chi connectivity index (χ2n) is 3.99.